The molecule has 7 heteroatoms. The molecule has 1 heterocycles. The van der Waals surface area contributed by atoms with Gasteiger partial charge in [-0.15, -0.1) is 0 Å². The van der Waals surface area contributed by atoms with E-state index in [-0.39, 0.29) is 18.1 Å². The van der Waals surface area contributed by atoms with E-state index in [1.165, 1.54) is 22.9 Å². The Hall–Kier alpha value is -2.99. The molecule has 5 nitrogen and oxygen atoms in total. The minimum absolute atomic E-state index is 0.153. The molecule has 0 bridgehead atoms. The second-order valence-corrected chi connectivity index (χ2v) is 6.08. The Morgan fingerprint density at radius 2 is 1.88 bits per heavy atom. The maximum absolute atomic E-state index is 12.9. The summed E-state index contributed by atoms with van der Waals surface area (Å²) in [5.41, 5.74) is 1.11. The highest BCUT2D eigenvalue weighted by molar-refractivity contribution is 6.32. The summed E-state index contributed by atoms with van der Waals surface area (Å²) in [7, 11) is 0. The van der Waals surface area contributed by atoms with Crippen LogP contribution in [0.25, 0.3) is 5.69 Å². The molecule has 1 amide bonds. The fourth-order valence-electron chi connectivity index (χ4n) is 2.44. The van der Waals surface area contributed by atoms with Crippen molar-refractivity contribution >= 4 is 17.5 Å². The van der Waals surface area contributed by atoms with Crippen molar-refractivity contribution in [3.63, 3.8) is 0 Å². The lowest BCUT2D eigenvalue weighted by atomic mass is 10.2. The number of hydrogen-bond donors (Lipinski definition) is 1. The molecule has 2 aromatic carbocycles. The molecule has 1 N–H and O–H groups in total. The maximum Gasteiger partial charge on any atom is 0.276 e. The van der Waals surface area contributed by atoms with Gasteiger partial charge < -0.3 is 5.32 Å². The zero-order valence-electron chi connectivity index (χ0n) is 13.9. The van der Waals surface area contributed by atoms with Gasteiger partial charge in [-0.05, 0) is 36.8 Å². The number of para-hydroxylation sites is 1. The zero-order valence-corrected chi connectivity index (χ0v) is 14.6. The van der Waals surface area contributed by atoms with E-state index in [0.29, 0.717) is 22.0 Å². The molecule has 0 fully saturated rings. The molecule has 132 valence electrons. The highest BCUT2D eigenvalue weighted by atomic mass is 35.5. The summed E-state index contributed by atoms with van der Waals surface area (Å²) in [5.74, 6) is -0.969. The Morgan fingerprint density at radius 1 is 1.19 bits per heavy atom. The van der Waals surface area contributed by atoms with Crippen LogP contribution in [0.15, 0.2) is 59.4 Å². The van der Waals surface area contributed by atoms with Crippen molar-refractivity contribution in [3.05, 3.63) is 92.6 Å². The molecule has 0 unspecified atom stereocenters. The Balaban J connectivity index is 1.88. The van der Waals surface area contributed by atoms with Gasteiger partial charge in [-0.25, -0.2) is 9.07 Å². The molecule has 0 saturated carbocycles. The number of halogens is 2. The van der Waals surface area contributed by atoms with Gasteiger partial charge in [-0.1, -0.05) is 35.9 Å². The predicted octanol–water partition coefficient (Wildman–Crippen LogP) is 3.26. The molecular weight excluding hydrogens is 357 g/mol. The van der Waals surface area contributed by atoms with E-state index >= 15 is 0 Å². The van der Waals surface area contributed by atoms with Crippen LogP contribution in [0.1, 0.15) is 21.7 Å². The first-order valence-electron chi connectivity index (χ1n) is 7.84. The van der Waals surface area contributed by atoms with Crippen molar-refractivity contribution in [2.45, 2.75) is 13.5 Å². The zero-order chi connectivity index (χ0) is 18.7. The Morgan fingerprint density at radius 3 is 2.58 bits per heavy atom. The molecule has 3 rings (SSSR count). The number of nitrogens with one attached hydrogen (secondary N) is 1. The molecule has 3 aromatic rings. The molecule has 0 radical (unpaired) electrons. The van der Waals surface area contributed by atoms with Gasteiger partial charge in [0.25, 0.3) is 5.91 Å². The van der Waals surface area contributed by atoms with Crippen LogP contribution < -0.4 is 10.7 Å². The summed E-state index contributed by atoms with van der Waals surface area (Å²) in [5, 5.41) is 7.24. The molecule has 0 atom stereocenters. The summed E-state index contributed by atoms with van der Waals surface area (Å²) in [6.07, 6.45) is 0. The van der Waals surface area contributed by atoms with Crippen LogP contribution in [-0.4, -0.2) is 15.7 Å². The number of carbonyl (C=O) groups is 1. The van der Waals surface area contributed by atoms with Gasteiger partial charge in [0.15, 0.2) is 5.69 Å². The molecule has 0 aliphatic carbocycles. The monoisotopic (exact) mass is 371 g/mol. The second kappa shape index (κ2) is 7.49. The average molecular weight is 372 g/mol. The molecular formula is C19H15ClFN3O2. The minimum atomic E-state index is -0.611. The highest BCUT2D eigenvalue weighted by Crippen LogP contribution is 2.19. The number of aromatic nitrogens is 2. The topological polar surface area (TPSA) is 64.0 Å². The molecule has 1 aromatic heterocycles. The molecule has 0 spiro atoms. The summed E-state index contributed by atoms with van der Waals surface area (Å²) in [6.45, 7) is 1.86. The lowest BCUT2D eigenvalue weighted by Crippen LogP contribution is -2.31. The van der Waals surface area contributed by atoms with Crippen molar-refractivity contribution in [1.29, 1.82) is 0 Å². The average Bonchev–Trinajstić information content (AvgIpc) is 2.62. The van der Waals surface area contributed by atoms with Gasteiger partial charge >= 0.3 is 0 Å². The number of hydrogen-bond acceptors (Lipinski definition) is 3. The third-order valence-electron chi connectivity index (χ3n) is 3.77. The van der Waals surface area contributed by atoms with Crippen molar-refractivity contribution < 1.29 is 9.18 Å². The lowest BCUT2D eigenvalue weighted by molar-refractivity contribution is 0.0943. The van der Waals surface area contributed by atoms with E-state index in [1.807, 2.05) is 0 Å². The van der Waals surface area contributed by atoms with E-state index in [2.05, 4.69) is 10.4 Å². The van der Waals surface area contributed by atoms with E-state index in [1.54, 1.807) is 43.3 Å². The van der Waals surface area contributed by atoms with Crippen LogP contribution >= 0.6 is 11.6 Å². The molecule has 26 heavy (non-hydrogen) atoms. The standard InChI is InChI=1S/C19H15ClFN3O2/c1-12-10-17(25)18(23-24(12)16-5-3-2-4-15(16)20)19(26)22-11-13-6-8-14(21)9-7-13/h2-10H,11H2,1H3,(H,22,26). The molecule has 0 saturated heterocycles. The van der Waals surface area contributed by atoms with Gasteiger partial charge in [0.05, 0.1) is 10.7 Å². The largest absolute Gasteiger partial charge is 0.346 e. The minimum Gasteiger partial charge on any atom is -0.346 e. The van der Waals surface area contributed by atoms with Crippen molar-refractivity contribution in [1.82, 2.24) is 15.1 Å². The number of aryl methyl sites for hydroxylation is 1. The van der Waals surface area contributed by atoms with Crippen molar-refractivity contribution in [2.75, 3.05) is 0 Å². The highest BCUT2D eigenvalue weighted by Gasteiger charge is 2.16. The Bertz CT molecular complexity index is 1020. The van der Waals surface area contributed by atoms with Gasteiger partial charge in [-0.2, -0.15) is 5.10 Å². The Kier molecular flexibility index (Phi) is 5.14. The van der Waals surface area contributed by atoms with Crippen LogP contribution in [-0.2, 0) is 6.54 Å². The fraction of sp³-hybridized carbons (Fsp3) is 0.105. The summed E-state index contributed by atoms with van der Waals surface area (Å²) in [6, 6.07) is 14.1. The van der Waals surface area contributed by atoms with Gasteiger partial charge in [-0.3, -0.25) is 9.59 Å². The van der Waals surface area contributed by atoms with Gasteiger partial charge in [0, 0.05) is 18.3 Å². The van der Waals surface area contributed by atoms with Crippen LogP contribution in [0.3, 0.4) is 0 Å². The summed E-state index contributed by atoms with van der Waals surface area (Å²) in [4.78, 5) is 24.6. The third-order valence-corrected chi connectivity index (χ3v) is 4.09. The number of nitrogens with zero attached hydrogens (tertiary/aromatic N) is 2. The SMILES string of the molecule is Cc1cc(=O)c(C(=O)NCc2ccc(F)cc2)nn1-c1ccccc1Cl. The fourth-order valence-corrected chi connectivity index (χ4v) is 2.66. The van der Waals surface area contributed by atoms with Crippen molar-refractivity contribution in [2.24, 2.45) is 0 Å². The van der Waals surface area contributed by atoms with Crippen LogP contribution in [0.2, 0.25) is 5.02 Å². The predicted molar refractivity (Wildman–Crippen MR) is 97.2 cm³/mol. The Labute approximate surface area is 154 Å². The summed E-state index contributed by atoms with van der Waals surface area (Å²) >= 11 is 6.19. The first kappa shape index (κ1) is 17.8. The summed E-state index contributed by atoms with van der Waals surface area (Å²) < 4.78 is 14.4. The third kappa shape index (κ3) is 3.81. The number of carbonyl (C=O) groups excluding carboxylic acids is 1. The van der Waals surface area contributed by atoms with Crippen LogP contribution in [0, 0.1) is 12.7 Å². The first-order chi connectivity index (χ1) is 12.5. The quantitative estimate of drug-likeness (QED) is 0.765. The molecule has 0 aliphatic rings. The lowest BCUT2D eigenvalue weighted by Gasteiger charge is -2.12. The van der Waals surface area contributed by atoms with E-state index in [9.17, 15) is 14.0 Å². The number of rotatable bonds is 4. The van der Waals surface area contributed by atoms with E-state index in [4.69, 9.17) is 11.6 Å². The van der Waals surface area contributed by atoms with Crippen LogP contribution in [0.4, 0.5) is 4.39 Å². The number of amides is 1. The van der Waals surface area contributed by atoms with E-state index < -0.39 is 11.3 Å². The molecule has 0 aliphatic heterocycles. The normalized spacial score (nSPS) is 10.6. The maximum atomic E-state index is 12.9. The number of benzene rings is 2. The van der Waals surface area contributed by atoms with Gasteiger partial charge in [0.2, 0.25) is 5.43 Å². The van der Waals surface area contributed by atoms with Crippen molar-refractivity contribution in [3.8, 4) is 5.69 Å². The van der Waals surface area contributed by atoms with E-state index in [0.717, 1.165) is 0 Å². The van der Waals surface area contributed by atoms with Gasteiger partial charge in [0.1, 0.15) is 5.82 Å². The van der Waals surface area contributed by atoms with Crippen LogP contribution in [0.5, 0.6) is 0 Å². The first-order valence-corrected chi connectivity index (χ1v) is 8.22. The smallest absolute Gasteiger partial charge is 0.276 e. The second-order valence-electron chi connectivity index (χ2n) is 5.67.